The number of nitro groups is 1. The van der Waals surface area contributed by atoms with Crippen molar-refractivity contribution in [3.8, 4) is 0 Å². The minimum atomic E-state index is -0.453. The fraction of sp³-hybridized carbons (Fsp3) is 0. The van der Waals surface area contributed by atoms with Crippen LogP contribution in [0.1, 0.15) is 0 Å². The van der Waals surface area contributed by atoms with Gasteiger partial charge in [0.25, 0.3) is 5.69 Å². The first kappa shape index (κ1) is 18.5. The summed E-state index contributed by atoms with van der Waals surface area (Å²) in [4.78, 5) is 10.2. The molecule has 1 heterocycles. The molecule has 27 heavy (non-hydrogen) atoms. The monoisotopic (exact) mass is 400 g/mol. The van der Waals surface area contributed by atoms with Crippen LogP contribution in [0.4, 0.5) is 28.6 Å². The van der Waals surface area contributed by atoms with Crippen molar-refractivity contribution in [1.82, 2.24) is 10.2 Å². The Balaban J connectivity index is 1.56. The van der Waals surface area contributed by atoms with Gasteiger partial charge in [0.15, 0.2) is 16.1 Å². The molecule has 8 nitrogen and oxygen atoms in total. The van der Waals surface area contributed by atoms with Crippen molar-refractivity contribution < 1.29 is 4.92 Å². The molecule has 0 unspecified atom stereocenters. The lowest BCUT2D eigenvalue weighted by molar-refractivity contribution is -0.384. The summed E-state index contributed by atoms with van der Waals surface area (Å²) in [7, 11) is 0. The summed E-state index contributed by atoms with van der Waals surface area (Å²) in [5.74, 6) is 0.579. The standard InChI is InChI=1S/C17H13ClN6O2S/c18-15-9-10-16(23-22-15)19-11-1-3-12(4-2-11)20-17(27)21-13-5-7-14(8-6-13)24(25)26/h1-10H,(H,19,23)(H2,20,21,27). The molecule has 2 aromatic carbocycles. The smallest absolute Gasteiger partial charge is 0.269 e. The van der Waals surface area contributed by atoms with E-state index < -0.39 is 4.92 Å². The van der Waals surface area contributed by atoms with Gasteiger partial charge in [-0.2, -0.15) is 0 Å². The second-order valence-electron chi connectivity index (χ2n) is 5.33. The molecule has 0 aliphatic rings. The molecule has 0 saturated heterocycles. The average molecular weight is 401 g/mol. The van der Waals surface area contributed by atoms with Gasteiger partial charge in [0, 0.05) is 29.2 Å². The minimum absolute atomic E-state index is 0.0212. The fourth-order valence-corrected chi connectivity index (χ4v) is 2.46. The van der Waals surface area contributed by atoms with Crippen molar-refractivity contribution in [3.05, 3.63) is 75.9 Å². The van der Waals surface area contributed by atoms with Crippen LogP contribution in [0.15, 0.2) is 60.7 Å². The number of nitrogens with one attached hydrogen (secondary N) is 3. The second kappa shape index (κ2) is 8.39. The first-order chi connectivity index (χ1) is 13.0. The number of aromatic nitrogens is 2. The number of nitrogens with zero attached hydrogens (tertiary/aromatic N) is 3. The van der Waals surface area contributed by atoms with E-state index in [4.69, 9.17) is 23.8 Å². The summed E-state index contributed by atoms with van der Waals surface area (Å²) in [6, 6.07) is 16.8. The van der Waals surface area contributed by atoms with Crippen LogP contribution in [0.2, 0.25) is 5.15 Å². The van der Waals surface area contributed by atoms with Crippen molar-refractivity contribution in [3.63, 3.8) is 0 Å². The molecule has 0 radical (unpaired) electrons. The summed E-state index contributed by atoms with van der Waals surface area (Å²) < 4.78 is 0. The number of rotatable bonds is 5. The summed E-state index contributed by atoms with van der Waals surface area (Å²) in [5, 5.41) is 28.2. The average Bonchev–Trinajstić information content (AvgIpc) is 2.65. The Labute approximate surface area is 164 Å². The Morgan fingerprint density at radius 3 is 1.96 bits per heavy atom. The Hall–Kier alpha value is -3.30. The molecule has 10 heteroatoms. The zero-order valence-electron chi connectivity index (χ0n) is 13.7. The molecule has 3 aromatic rings. The van der Waals surface area contributed by atoms with E-state index in [9.17, 15) is 10.1 Å². The maximum Gasteiger partial charge on any atom is 0.269 e. The zero-order valence-corrected chi connectivity index (χ0v) is 15.3. The van der Waals surface area contributed by atoms with E-state index in [1.165, 1.54) is 12.1 Å². The summed E-state index contributed by atoms with van der Waals surface area (Å²) >= 11 is 11.0. The third kappa shape index (κ3) is 5.33. The Morgan fingerprint density at radius 2 is 1.44 bits per heavy atom. The van der Waals surface area contributed by atoms with Gasteiger partial charge in [-0.15, -0.1) is 10.2 Å². The third-order valence-electron chi connectivity index (χ3n) is 3.38. The molecule has 0 aliphatic carbocycles. The van der Waals surface area contributed by atoms with Gasteiger partial charge in [-0.1, -0.05) is 11.6 Å². The van der Waals surface area contributed by atoms with E-state index in [0.29, 0.717) is 21.8 Å². The van der Waals surface area contributed by atoms with E-state index in [0.717, 1.165) is 11.4 Å². The van der Waals surface area contributed by atoms with Crippen LogP contribution in [0.5, 0.6) is 0 Å². The second-order valence-corrected chi connectivity index (χ2v) is 6.12. The van der Waals surface area contributed by atoms with E-state index in [2.05, 4.69) is 26.1 Å². The van der Waals surface area contributed by atoms with Crippen LogP contribution in [-0.4, -0.2) is 20.2 Å². The number of anilines is 4. The number of nitro benzene ring substituents is 1. The van der Waals surface area contributed by atoms with Gasteiger partial charge in [-0.25, -0.2) is 0 Å². The first-order valence-electron chi connectivity index (χ1n) is 7.68. The highest BCUT2D eigenvalue weighted by atomic mass is 35.5. The van der Waals surface area contributed by atoms with Gasteiger partial charge in [-0.3, -0.25) is 10.1 Å². The van der Waals surface area contributed by atoms with Gasteiger partial charge in [0.1, 0.15) is 0 Å². The van der Waals surface area contributed by atoms with E-state index in [1.54, 1.807) is 24.3 Å². The zero-order chi connectivity index (χ0) is 19.2. The maximum absolute atomic E-state index is 10.7. The van der Waals surface area contributed by atoms with Crippen LogP contribution in [-0.2, 0) is 0 Å². The van der Waals surface area contributed by atoms with Crippen molar-refractivity contribution in [2.24, 2.45) is 0 Å². The molecule has 0 spiro atoms. The highest BCUT2D eigenvalue weighted by Gasteiger charge is 2.05. The number of non-ortho nitro benzene ring substituents is 1. The van der Waals surface area contributed by atoms with Crippen LogP contribution >= 0.6 is 23.8 Å². The van der Waals surface area contributed by atoms with Gasteiger partial charge in [-0.05, 0) is 60.7 Å². The summed E-state index contributed by atoms with van der Waals surface area (Å²) in [5.41, 5.74) is 2.28. The van der Waals surface area contributed by atoms with E-state index in [-0.39, 0.29) is 5.69 Å². The normalized spacial score (nSPS) is 10.1. The van der Waals surface area contributed by atoms with Crippen molar-refractivity contribution in [2.45, 2.75) is 0 Å². The lowest BCUT2D eigenvalue weighted by Gasteiger charge is -2.11. The SMILES string of the molecule is O=[N+]([O-])c1ccc(NC(=S)Nc2ccc(Nc3ccc(Cl)nn3)cc2)cc1. The number of halogens is 1. The molecule has 0 atom stereocenters. The predicted octanol–water partition coefficient (Wildman–Crippen LogP) is 4.59. The maximum atomic E-state index is 10.7. The molecule has 3 rings (SSSR count). The van der Waals surface area contributed by atoms with Crippen LogP contribution in [0.25, 0.3) is 0 Å². The summed E-state index contributed by atoms with van der Waals surface area (Å²) in [6.45, 7) is 0. The molecule has 0 saturated carbocycles. The molecule has 3 N–H and O–H groups in total. The van der Waals surface area contributed by atoms with E-state index >= 15 is 0 Å². The van der Waals surface area contributed by atoms with Crippen LogP contribution in [0.3, 0.4) is 0 Å². The molecular weight excluding hydrogens is 388 g/mol. The Bertz CT molecular complexity index is 949. The molecule has 0 bridgehead atoms. The molecular formula is C17H13ClN6O2S. The minimum Gasteiger partial charge on any atom is -0.339 e. The molecule has 0 fully saturated rings. The lowest BCUT2D eigenvalue weighted by Crippen LogP contribution is -2.18. The number of hydrogen-bond acceptors (Lipinski definition) is 6. The van der Waals surface area contributed by atoms with Crippen LogP contribution < -0.4 is 16.0 Å². The molecule has 136 valence electrons. The quantitative estimate of drug-likeness (QED) is 0.324. The highest BCUT2D eigenvalue weighted by molar-refractivity contribution is 7.80. The molecule has 0 aliphatic heterocycles. The Morgan fingerprint density at radius 1 is 0.889 bits per heavy atom. The van der Waals surface area contributed by atoms with Gasteiger partial charge < -0.3 is 16.0 Å². The van der Waals surface area contributed by atoms with E-state index in [1.807, 2.05) is 24.3 Å². The summed E-state index contributed by atoms with van der Waals surface area (Å²) in [6.07, 6.45) is 0. The number of thiocarbonyl (C=S) groups is 1. The lowest BCUT2D eigenvalue weighted by atomic mass is 10.2. The van der Waals surface area contributed by atoms with Crippen molar-refractivity contribution in [1.29, 1.82) is 0 Å². The van der Waals surface area contributed by atoms with Crippen molar-refractivity contribution in [2.75, 3.05) is 16.0 Å². The first-order valence-corrected chi connectivity index (χ1v) is 8.47. The highest BCUT2D eigenvalue weighted by Crippen LogP contribution is 2.19. The number of benzene rings is 2. The van der Waals surface area contributed by atoms with Gasteiger partial charge >= 0.3 is 0 Å². The molecule has 1 aromatic heterocycles. The van der Waals surface area contributed by atoms with Gasteiger partial charge in [0.2, 0.25) is 0 Å². The largest absolute Gasteiger partial charge is 0.339 e. The van der Waals surface area contributed by atoms with Gasteiger partial charge in [0.05, 0.1) is 4.92 Å². The number of hydrogen-bond donors (Lipinski definition) is 3. The van der Waals surface area contributed by atoms with Crippen molar-refractivity contribution >= 4 is 57.5 Å². The predicted molar refractivity (Wildman–Crippen MR) is 110 cm³/mol. The van der Waals surface area contributed by atoms with Crippen LogP contribution in [0, 0.1) is 10.1 Å². The molecule has 0 amide bonds. The Kier molecular flexibility index (Phi) is 5.74. The third-order valence-corrected chi connectivity index (χ3v) is 3.79. The topological polar surface area (TPSA) is 105 Å². The fourth-order valence-electron chi connectivity index (χ4n) is 2.13.